The molecule has 0 bridgehead atoms. The Bertz CT molecular complexity index is 752. The third-order valence-corrected chi connectivity index (χ3v) is 3.70. The standard InChI is InChI=1S/C21H27N3O3/c1-21(2,3)27-20(26)24-17-11-9-16(10-12-17)14-23-19(25)18(22)13-15-7-5-4-6-8-15/h4-12,18H,13-14,22H2,1-3H3,(H,23,25)(H,24,26)/t18-/m1/s1. The summed E-state index contributed by atoms with van der Waals surface area (Å²) in [4.78, 5) is 23.9. The van der Waals surface area contributed by atoms with Crippen molar-refractivity contribution in [2.24, 2.45) is 5.73 Å². The Hall–Kier alpha value is -2.86. The van der Waals surface area contributed by atoms with Crippen LogP contribution in [0.3, 0.4) is 0 Å². The van der Waals surface area contributed by atoms with Crippen molar-refractivity contribution in [2.75, 3.05) is 5.32 Å². The molecule has 2 rings (SSSR count). The first-order valence-electron chi connectivity index (χ1n) is 8.89. The van der Waals surface area contributed by atoms with Gasteiger partial charge in [-0.3, -0.25) is 10.1 Å². The number of carbonyl (C=O) groups excluding carboxylic acids is 2. The summed E-state index contributed by atoms with van der Waals surface area (Å²) in [5.41, 5.74) is 7.98. The van der Waals surface area contributed by atoms with E-state index in [1.807, 2.05) is 42.5 Å². The van der Waals surface area contributed by atoms with Crippen LogP contribution in [-0.2, 0) is 22.5 Å². The fourth-order valence-corrected chi connectivity index (χ4v) is 2.41. The van der Waals surface area contributed by atoms with Crippen molar-refractivity contribution < 1.29 is 14.3 Å². The molecular formula is C21H27N3O3. The molecule has 0 radical (unpaired) electrons. The Kier molecular flexibility index (Phi) is 6.96. The van der Waals surface area contributed by atoms with Crippen LogP contribution in [0.4, 0.5) is 10.5 Å². The molecule has 0 spiro atoms. The van der Waals surface area contributed by atoms with E-state index in [0.717, 1.165) is 11.1 Å². The maximum Gasteiger partial charge on any atom is 0.412 e. The molecule has 27 heavy (non-hydrogen) atoms. The van der Waals surface area contributed by atoms with Gasteiger partial charge < -0.3 is 15.8 Å². The van der Waals surface area contributed by atoms with Gasteiger partial charge in [-0.15, -0.1) is 0 Å². The van der Waals surface area contributed by atoms with Crippen LogP contribution in [0.2, 0.25) is 0 Å². The van der Waals surface area contributed by atoms with E-state index in [4.69, 9.17) is 10.5 Å². The Morgan fingerprint density at radius 3 is 2.22 bits per heavy atom. The Morgan fingerprint density at radius 1 is 1.00 bits per heavy atom. The monoisotopic (exact) mass is 369 g/mol. The van der Waals surface area contributed by atoms with E-state index in [2.05, 4.69) is 10.6 Å². The number of hydrogen-bond acceptors (Lipinski definition) is 4. The van der Waals surface area contributed by atoms with Crippen LogP contribution in [0.25, 0.3) is 0 Å². The SMILES string of the molecule is CC(C)(C)OC(=O)Nc1ccc(CNC(=O)[C@H](N)Cc2ccccc2)cc1. The van der Waals surface area contributed by atoms with Crippen molar-refractivity contribution in [1.82, 2.24) is 5.32 Å². The first-order valence-corrected chi connectivity index (χ1v) is 8.89. The predicted octanol–water partition coefficient (Wildman–Crippen LogP) is 3.22. The van der Waals surface area contributed by atoms with Gasteiger partial charge in [-0.25, -0.2) is 4.79 Å². The molecule has 4 N–H and O–H groups in total. The molecule has 2 aromatic carbocycles. The molecule has 2 aromatic rings. The van der Waals surface area contributed by atoms with Crippen molar-refractivity contribution in [3.8, 4) is 0 Å². The third kappa shape index (κ3) is 7.50. The summed E-state index contributed by atoms with van der Waals surface area (Å²) < 4.78 is 5.21. The molecule has 0 saturated carbocycles. The second-order valence-electron chi connectivity index (χ2n) is 7.34. The van der Waals surface area contributed by atoms with Crippen LogP contribution in [0, 0.1) is 0 Å². The van der Waals surface area contributed by atoms with E-state index < -0.39 is 17.7 Å². The van der Waals surface area contributed by atoms with Crippen molar-refractivity contribution in [3.63, 3.8) is 0 Å². The van der Waals surface area contributed by atoms with Gasteiger partial charge in [-0.1, -0.05) is 42.5 Å². The highest BCUT2D eigenvalue weighted by Gasteiger charge is 2.16. The quantitative estimate of drug-likeness (QED) is 0.729. The summed E-state index contributed by atoms with van der Waals surface area (Å²) in [5.74, 6) is -0.199. The molecule has 0 aliphatic rings. The highest BCUT2D eigenvalue weighted by Crippen LogP contribution is 2.13. The van der Waals surface area contributed by atoms with Crippen molar-refractivity contribution >= 4 is 17.7 Å². The van der Waals surface area contributed by atoms with Gasteiger partial charge in [-0.2, -0.15) is 0 Å². The molecule has 1 atom stereocenters. The molecule has 0 unspecified atom stereocenters. The molecule has 2 amide bonds. The lowest BCUT2D eigenvalue weighted by atomic mass is 10.1. The average Bonchev–Trinajstić information content (AvgIpc) is 2.60. The van der Waals surface area contributed by atoms with Crippen LogP contribution in [0.15, 0.2) is 54.6 Å². The number of nitrogens with one attached hydrogen (secondary N) is 2. The smallest absolute Gasteiger partial charge is 0.412 e. The molecule has 144 valence electrons. The van der Waals surface area contributed by atoms with Crippen LogP contribution >= 0.6 is 0 Å². The molecule has 0 saturated heterocycles. The van der Waals surface area contributed by atoms with Gasteiger partial charge in [-0.05, 0) is 50.5 Å². The van der Waals surface area contributed by atoms with E-state index >= 15 is 0 Å². The lowest BCUT2D eigenvalue weighted by Crippen LogP contribution is -2.41. The van der Waals surface area contributed by atoms with Gasteiger partial charge in [0.1, 0.15) is 5.60 Å². The fraction of sp³-hybridized carbons (Fsp3) is 0.333. The summed E-state index contributed by atoms with van der Waals surface area (Å²) >= 11 is 0. The zero-order valence-electron chi connectivity index (χ0n) is 16.0. The minimum Gasteiger partial charge on any atom is -0.444 e. The number of ether oxygens (including phenoxy) is 1. The summed E-state index contributed by atoms with van der Waals surface area (Å²) in [6.07, 6.45) is -0.0127. The number of anilines is 1. The van der Waals surface area contributed by atoms with Gasteiger partial charge in [0, 0.05) is 12.2 Å². The van der Waals surface area contributed by atoms with Crippen molar-refractivity contribution in [3.05, 3.63) is 65.7 Å². The molecule has 0 heterocycles. The maximum atomic E-state index is 12.2. The number of nitrogens with two attached hydrogens (primary N) is 1. The first-order chi connectivity index (χ1) is 12.7. The molecule has 0 fully saturated rings. The third-order valence-electron chi connectivity index (χ3n) is 3.70. The van der Waals surface area contributed by atoms with Crippen molar-refractivity contribution in [2.45, 2.75) is 45.4 Å². The molecule has 6 nitrogen and oxygen atoms in total. The van der Waals surface area contributed by atoms with Crippen LogP contribution < -0.4 is 16.4 Å². The van der Waals surface area contributed by atoms with Gasteiger partial charge in [0.15, 0.2) is 0 Å². The van der Waals surface area contributed by atoms with Gasteiger partial charge in [0.05, 0.1) is 6.04 Å². The summed E-state index contributed by atoms with van der Waals surface area (Å²) in [7, 11) is 0. The number of rotatable bonds is 6. The van der Waals surface area contributed by atoms with E-state index in [1.165, 1.54) is 0 Å². The lowest BCUT2D eigenvalue weighted by molar-refractivity contribution is -0.122. The molecule has 6 heteroatoms. The maximum absolute atomic E-state index is 12.2. The normalized spacial score (nSPS) is 12.1. The van der Waals surface area contributed by atoms with Gasteiger partial charge >= 0.3 is 6.09 Å². The Balaban J connectivity index is 1.80. The summed E-state index contributed by atoms with van der Waals surface area (Å²) in [6, 6.07) is 16.2. The van der Waals surface area contributed by atoms with Crippen LogP contribution in [0.1, 0.15) is 31.9 Å². The molecular weight excluding hydrogens is 342 g/mol. The second kappa shape index (κ2) is 9.19. The Labute approximate surface area is 160 Å². The van der Waals surface area contributed by atoms with Gasteiger partial charge in [0.25, 0.3) is 0 Å². The highest BCUT2D eigenvalue weighted by molar-refractivity contribution is 5.85. The zero-order chi connectivity index (χ0) is 19.9. The predicted molar refractivity (Wildman–Crippen MR) is 106 cm³/mol. The largest absolute Gasteiger partial charge is 0.444 e. The number of hydrogen-bond donors (Lipinski definition) is 3. The van der Waals surface area contributed by atoms with E-state index in [1.54, 1.807) is 32.9 Å². The van der Waals surface area contributed by atoms with Crippen molar-refractivity contribution in [1.29, 1.82) is 0 Å². The Morgan fingerprint density at radius 2 is 1.63 bits per heavy atom. The lowest BCUT2D eigenvalue weighted by Gasteiger charge is -2.19. The number of amides is 2. The zero-order valence-corrected chi connectivity index (χ0v) is 16.0. The first kappa shape index (κ1) is 20.5. The second-order valence-corrected chi connectivity index (χ2v) is 7.34. The van der Waals surface area contributed by atoms with E-state index in [0.29, 0.717) is 18.7 Å². The highest BCUT2D eigenvalue weighted by atomic mass is 16.6. The van der Waals surface area contributed by atoms with E-state index in [9.17, 15) is 9.59 Å². The van der Waals surface area contributed by atoms with Crippen LogP contribution in [-0.4, -0.2) is 23.6 Å². The average molecular weight is 369 g/mol. The summed E-state index contributed by atoms with van der Waals surface area (Å²) in [5, 5.41) is 5.50. The van der Waals surface area contributed by atoms with E-state index in [-0.39, 0.29) is 5.91 Å². The fourth-order valence-electron chi connectivity index (χ4n) is 2.41. The summed E-state index contributed by atoms with van der Waals surface area (Å²) in [6.45, 7) is 5.79. The molecule has 0 aliphatic carbocycles. The molecule has 0 aliphatic heterocycles. The minimum absolute atomic E-state index is 0.199. The topological polar surface area (TPSA) is 93.5 Å². The van der Waals surface area contributed by atoms with Gasteiger partial charge in [0.2, 0.25) is 5.91 Å². The molecule has 0 aromatic heterocycles. The number of benzene rings is 2. The minimum atomic E-state index is -0.597. The van der Waals surface area contributed by atoms with Crippen LogP contribution in [0.5, 0.6) is 0 Å². The number of carbonyl (C=O) groups is 2.